The fraction of sp³-hybridized carbons (Fsp3) is 0.700. The minimum Gasteiger partial charge on any atom is -0.481 e. The molecular weight excluding hydrogens is 330 g/mol. The Kier molecular flexibility index (Phi) is 5.25. The summed E-state index contributed by atoms with van der Waals surface area (Å²) in [4.78, 5) is 21.2. The second-order valence-corrected chi connectivity index (χ2v) is 8.13. The Labute approximate surface area is 155 Å². The smallest absolute Gasteiger partial charge is 0.312 e. The zero-order valence-electron chi connectivity index (χ0n) is 15.3. The monoisotopic (exact) mass is 359 g/mol. The first kappa shape index (κ1) is 17.9. The van der Waals surface area contributed by atoms with Crippen LogP contribution in [0.3, 0.4) is 0 Å². The summed E-state index contributed by atoms with van der Waals surface area (Å²) in [5.41, 5.74) is 0.678. The number of hydrogen-bond donors (Lipinski definition) is 1. The molecule has 0 bridgehead atoms. The fourth-order valence-corrected chi connectivity index (χ4v) is 5.06. The van der Waals surface area contributed by atoms with E-state index in [1.165, 1.54) is 5.56 Å². The molecule has 0 spiro atoms. The Morgan fingerprint density at radius 1 is 1.31 bits per heavy atom. The zero-order valence-corrected chi connectivity index (χ0v) is 15.3. The lowest BCUT2D eigenvalue weighted by Crippen LogP contribution is -2.44. The fourth-order valence-electron chi connectivity index (χ4n) is 5.06. The van der Waals surface area contributed by atoms with Crippen LogP contribution >= 0.6 is 0 Å². The minimum absolute atomic E-state index is 0.251. The van der Waals surface area contributed by atoms with Crippen molar-refractivity contribution < 1.29 is 14.6 Å². The molecule has 26 heavy (non-hydrogen) atoms. The van der Waals surface area contributed by atoms with Gasteiger partial charge in [0.1, 0.15) is 0 Å². The van der Waals surface area contributed by atoms with Crippen molar-refractivity contribution in [3.8, 4) is 0 Å². The summed E-state index contributed by atoms with van der Waals surface area (Å²) in [6, 6.07) is 4.58. The van der Waals surface area contributed by atoms with Gasteiger partial charge in [0.15, 0.2) is 0 Å². The Morgan fingerprint density at radius 2 is 2.15 bits per heavy atom. The molecule has 0 unspecified atom stereocenters. The maximum atomic E-state index is 12.2. The van der Waals surface area contributed by atoms with Crippen molar-refractivity contribution in [2.45, 2.75) is 31.7 Å². The number of likely N-dealkylation sites (tertiary alicyclic amines) is 2. The molecule has 4 heterocycles. The summed E-state index contributed by atoms with van der Waals surface area (Å²) in [6.07, 6.45) is 7.85. The van der Waals surface area contributed by atoms with Crippen LogP contribution in [0.2, 0.25) is 0 Å². The summed E-state index contributed by atoms with van der Waals surface area (Å²) in [5.74, 6) is -0.354. The Bertz CT molecular complexity index is 620. The number of ether oxygens (including phenoxy) is 1. The van der Waals surface area contributed by atoms with Crippen LogP contribution in [0.1, 0.15) is 24.8 Å². The molecule has 4 rings (SSSR count). The van der Waals surface area contributed by atoms with Gasteiger partial charge in [0, 0.05) is 63.7 Å². The molecule has 3 fully saturated rings. The highest BCUT2D eigenvalue weighted by molar-refractivity contribution is 5.77. The average Bonchev–Trinajstić information content (AvgIpc) is 3.19. The minimum atomic E-state index is -0.605. The molecule has 3 saturated heterocycles. The number of aliphatic carboxylic acids is 1. The summed E-state index contributed by atoms with van der Waals surface area (Å²) in [6.45, 7) is 5.84. The molecule has 6 nitrogen and oxygen atoms in total. The molecule has 0 aromatic carbocycles. The van der Waals surface area contributed by atoms with Gasteiger partial charge in [0.2, 0.25) is 0 Å². The number of hydrogen-bond acceptors (Lipinski definition) is 5. The van der Waals surface area contributed by atoms with Crippen molar-refractivity contribution in [2.24, 2.45) is 11.3 Å². The molecule has 0 saturated carbocycles. The van der Waals surface area contributed by atoms with Gasteiger partial charge in [0.25, 0.3) is 0 Å². The number of pyridine rings is 1. The Balaban J connectivity index is 1.33. The van der Waals surface area contributed by atoms with E-state index in [-0.39, 0.29) is 5.92 Å². The SMILES string of the molecule is O=C(O)[C@]12CN(CCCc3cccnc3)C[C@H]1CN(C1CCOCC1)C2. The van der Waals surface area contributed by atoms with Crippen molar-refractivity contribution >= 4 is 5.97 Å². The number of carboxylic acids is 1. The van der Waals surface area contributed by atoms with E-state index in [9.17, 15) is 9.90 Å². The molecular formula is C20H29N3O3. The predicted octanol–water partition coefficient (Wildman–Crippen LogP) is 1.51. The van der Waals surface area contributed by atoms with Crippen LogP contribution in [0.15, 0.2) is 24.5 Å². The van der Waals surface area contributed by atoms with E-state index >= 15 is 0 Å². The third kappa shape index (κ3) is 3.50. The van der Waals surface area contributed by atoms with Crippen LogP contribution in [0, 0.1) is 11.3 Å². The third-order valence-corrected chi connectivity index (χ3v) is 6.50. The largest absolute Gasteiger partial charge is 0.481 e. The molecule has 2 atom stereocenters. The standard InChI is InChI=1S/C20H29N3O3/c24-19(25)20-14-22(8-2-4-16-3-1-7-21-11-16)12-17(20)13-23(15-20)18-5-9-26-10-6-18/h1,3,7,11,17-18H,2,4-6,8-10,12-15H2,(H,24,25)/t17-,20-/m0/s1. The molecule has 0 aliphatic carbocycles. The highest BCUT2D eigenvalue weighted by Crippen LogP contribution is 2.44. The Hall–Kier alpha value is -1.50. The van der Waals surface area contributed by atoms with Crippen LogP contribution in [0.25, 0.3) is 0 Å². The molecule has 1 aromatic heterocycles. The lowest BCUT2D eigenvalue weighted by atomic mass is 9.81. The first-order valence-electron chi connectivity index (χ1n) is 9.84. The summed E-state index contributed by atoms with van der Waals surface area (Å²) < 4.78 is 5.47. The van der Waals surface area contributed by atoms with E-state index < -0.39 is 11.4 Å². The maximum absolute atomic E-state index is 12.2. The first-order chi connectivity index (χ1) is 12.7. The van der Waals surface area contributed by atoms with Crippen molar-refractivity contribution in [3.05, 3.63) is 30.1 Å². The number of nitrogens with zero attached hydrogens (tertiary/aromatic N) is 3. The van der Waals surface area contributed by atoms with Crippen LogP contribution < -0.4 is 0 Å². The Morgan fingerprint density at radius 3 is 2.85 bits per heavy atom. The number of carboxylic acid groups (broad SMARTS) is 1. The molecule has 3 aliphatic heterocycles. The zero-order chi connectivity index (χ0) is 18.0. The molecule has 1 N–H and O–H groups in total. The van der Waals surface area contributed by atoms with E-state index in [0.717, 1.165) is 58.5 Å². The molecule has 6 heteroatoms. The van der Waals surface area contributed by atoms with Crippen molar-refractivity contribution in [1.82, 2.24) is 14.8 Å². The van der Waals surface area contributed by atoms with Gasteiger partial charge in [-0.3, -0.25) is 14.7 Å². The number of aryl methyl sites for hydroxylation is 1. The summed E-state index contributed by atoms with van der Waals surface area (Å²) >= 11 is 0. The highest BCUT2D eigenvalue weighted by atomic mass is 16.5. The normalized spacial score (nSPS) is 30.5. The lowest BCUT2D eigenvalue weighted by Gasteiger charge is -2.33. The second kappa shape index (κ2) is 7.62. The summed E-state index contributed by atoms with van der Waals surface area (Å²) in [5, 5.41) is 10.0. The second-order valence-electron chi connectivity index (χ2n) is 8.13. The van der Waals surface area contributed by atoms with E-state index in [0.29, 0.717) is 19.1 Å². The van der Waals surface area contributed by atoms with Gasteiger partial charge in [-0.25, -0.2) is 0 Å². The number of carbonyl (C=O) groups is 1. The quantitative estimate of drug-likeness (QED) is 0.831. The van der Waals surface area contributed by atoms with Gasteiger partial charge in [-0.05, 0) is 43.9 Å². The molecule has 142 valence electrons. The van der Waals surface area contributed by atoms with Gasteiger partial charge < -0.3 is 14.7 Å². The lowest BCUT2D eigenvalue weighted by molar-refractivity contribution is -0.149. The van der Waals surface area contributed by atoms with Crippen molar-refractivity contribution in [2.75, 3.05) is 45.9 Å². The van der Waals surface area contributed by atoms with Crippen LogP contribution in [0.4, 0.5) is 0 Å². The van der Waals surface area contributed by atoms with Crippen LogP contribution in [-0.2, 0) is 16.0 Å². The van der Waals surface area contributed by atoms with E-state index in [1.54, 1.807) is 6.20 Å². The average molecular weight is 359 g/mol. The van der Waals surface area contributed by atoms with Gasteiger partial charge in [-0.2, -0.15) is 0 Å². The van der Waals surface area contributed by atoms with E-state index in [1.807, 2.05) is 12.3 Å². The number of aromatic nitrogens is 1. The number of fused-ring (bicyclic) bond motifs is 1. The van der Waals surface area contributed by atoms with Crippen LogP contribution in [0.5, 0.6) is 0 Å². The third-order valence-electron chi connectivity index (χ3n) is 6.50. The first-order valence-corrected chi connectivity index (χ1v) is 9.84. The van der Waals surface area contributed by atoms with Gasteiger partial charge in [-0.1, -0.05) is 6.07 Å². The summed E-state index contributed by atoms with van der Waals surface area (Å²) in [7, 11) is 0. The van der Waals surface area contributed by atoms with Gasteiger partial charge >= 0.3 is 5.97 Å². The van der Waals surface area contributed by atoms with Crippen LogP contribution in [-0.4, -0.2) is 77.8 Å². The topological polar surface area (TPSA) is 65.9 Å². The van der Waals surface area contributed by atoms with E-state index in [2.05, 4.69) is 20.9 Å². The number of rotatable bonds is 6. The van der Waals surface area contributed by atoms with E-state index in [4.69, 9.17) is 4.74 Å². The molecule has 0 radical (unpaired) electrons. The maximum Gasteiger partial charge on any atom is 0.312 e. The molecule has 3 aliphatic rings. The van der Waals surface area contributed by atoms with Gasteiger partial charge in [0.05, 0.1) is 5.41 Å². The predicted molar refractivity (Wildman–Crippen MR) is 98.0 cm³/mol. The van der Waals surface area contributed by atoms with Gasteiger partial charge in [-0.15, -0.1) is 0 Å². The molecule has 1 aromatic rings. The molecule has 0 amide bonds. The van der Waals surface area contributed by atoms with Crippen molar-refractivity contribution in [3.63, 3.8) is 0 Å². The highest BCUT2D eigenvalue weighted by Gasteiger charge is 2.58. The van der Waals surface area contributed by atoms with Crippen molar-refractivity contribution in [1.29, 1.82) is 0 Å².